The van der Waals surface area contributed by atoms with E-state index >= 15 is 0 Å². The Balaban J connectivity index is 1.60. The minimum absolute atomic E-state index is 0.0595. The van der Waals surface area contributed by atoms with Crippen molar-refractivity contribution < 1.29 is 15.0 Å². The molecular formula is C26H27N5O3. The quantitative estimate of drug-likeness (QED) is 0.525. The third-order valence-corrected chi connectivity index (χ3v) is 7.04. The number of rotatable bonds is 5. The number of piperidine rings is 2. The molecule has 0 radical (unpaired) electrons. The van der Waals surface area contributed by atoms with Crippen LogP contribution in [-0.4, -0.2) is 44.8 Å². The van der Waals surface area contributed by atoms with Gasteiger partial charge in [0.1, 0.15) is 6.07 Å². The summed E-state index contributed by atoms with van der Waals surface area (Å²) in [7, 11) is 0. The van der Waals surface area contributed by atoms with Gasteiger partial charge in [-0.05, 0) is 62.8 Å². The van der Waals surface area contributed by atoms with Crippen molar-refractivity contribution in [3.8, 4) is 6.07 Å². The average molecular weight is 458 g/mol. The van der Waals surface area contributed by atoms with Gasteiger partial charge in [0.15, 0.2) is 11.5 Å². The largest absolute Gasteiger partial charge is 0.478 e. The molecule has 2 saturated heterocycles. The Bertz CT molecular complexity index is 1320. The number of carboxylic acids is 1. The summed E-state index contributed by atoms with van der Waals surface area (Å²) in [4.78, 5) is 23.4. The molecule has 3 aromatic rings. The number of aromatic carboxylic acids is 1. The number of carbonyl (C=O) groups is 1. The summed E-state index contributed by atoms with van der Waals surface area (Å²) < 4.78 is 0. The van der Waals surface area contributed by atoms with Crippen LogP contribution in [0.5, 0.6) is 0 Å². The van der Waals surface area contributed by atoms with E-state index in [2.05, 4.69) is 21.3 Å². The lowest BCUT2D eigenvalue weighted by atomic mass is 9.78. The molecule has 4 atom stereocenters. The van der Waals surface area contributed by atoms with Crippen molar-refractivity contribution in [3.05, 3.63) is 58.8 Å². The Morgan fingerprint density at radius 3 is 2.76 bits per heavy atom. The van der Waals surface area contributed by atoms with Gasteiger partial charge in [-0.2, -0.15) is 5.26 Å². The monoisotopic (exact) mass is 457 g/mol. The first-order chi connectivity index (χ1) is 16.4. The van der Waals surface area contributed by atoms with Crippen molar-refractivity contribution in [3.63, 3.8) is 0 Å². The molecule has 8 heteroatoms. The van der Waals surface area contributed by atoms with Crippen molar-refractivity contribution in [2.24, 2.45) is 5.92 Å². The normalized spacial score (nSPS) is 22.4. The van der Waals surface area contributed by atoms with E-state index in [-0.39, 0.29) is 23.3 Å². The molecule has 34 heavy (non-hydrogen) atoms. The second-order valence-corrected chi connectivity index (χ2v) is 9.41. The number of aliphatic hydroxyl groups is 1. The van der Waals surface area contributed by atoms with E-state index in [1.54, 1.807) is 24.3 Å². The number of hydrogen-bond acceptors (Lipinski definition) is 7. The number of nitrogens with one attached hydrogen (secondary N) is 1. The van der Waals surface area contributed by atoms with Crippen LogP contribution in [0.3, 0.4) is 0 Å². The zero-order valence-electron chi connectivity index (χ0n) is 19.2. The molecule has 2 aromatic carbocycles. The molecule has 3 aliphatic rings. The number of fused-ring (bicyclic) bond motifs is 4. The molecule has 3 N–H and O–H groups in total. The third kappa shape index (κ3) is 3.82. The lowest BCUT2D eigenvalue weighted by Gasteiger charge is -2.48. The number of nitriles is 1. The van der Waals surface area contributed by atoms with Gasteiger partial charge in [-0.3, -0.25) is 0 Å². The van der Waals surface area contributed by atoms with E-state index in [0.717, 1.165) is 36.9 Å². The molecule has 2 aliphatic heterocycles. The van der Waals surface area contributed by atoms with Crippen LogP contribution in [0.25, 0.3) is 11.0 Å². The molecule has 1 saturated carbocycles. The maximum absolute atomic E-state index is 11.7. The summed E-state index contributed by atoms with van der Waals surface area (Å²) in [5.74, 6) is -0.0924. The predicted molar refractivity (Wildman–Crippen MR) is 129 cm³/mol. The number of aromatic nitrogens is 2. The number of carboxylic acid groups (broad SMARTS) is 1. The van der Waals surface area contributed by atoms with Crippen LogP contribution in [0.15, 0.2) is 36.4 Å². The van der Waals surface area contributed by atoms with E-state index in [1.807, 2.05) is 26.0 Å². The van der Waals surface area contributed by atoms with Crippen molar-refractivity contribution >= 4 is 28.5 Å². The van der Waals surface area contributed by atoms with Gasteiger partial charge in [0, 0.05) is 17.8 Å². The van der Waals surface area contributed by atoms with Gasteiger partial charge in [-0.25, -0.2) is 14.8 Å². The second kappa shape index (κ2) is 8.58. The van der Waals surface area contributed by atoms with Crippen LogP contribution < -0.4 is 10.2 Å². The summed E-state index contributed by atoms with van der Waals surface area (Å²) in [6, 6.07) is 12.6. The highest BCUT2D eigenvalue weighted by atomic mass is 16.4. The average Bonchev–Trinajstić information content (AvgIpc) is 2.83. The Labute approximate surface area is 197 Å². The first kappa shape index (κ1) is 22.1. The lowest BCUT2D eigenvalue weighted by Crippen LogP contribution is -2.56. The van der Waals surface area contributed by atoms with E-state index in [4.69, 9.17) is 4.98 Å². The minimum Gasteiger partial charge on any atom is -0.478 e. The number of aryl methyl sites for hydroxylation is 1. The van der Waals surface area contributed by atoms with Crippen LogP contribution >= 0.6 is 0 Å². The summed E-state index contributed by atoms with van der Waals surface area (Å²) in [6.07, 6.45) is 2.32. The number of hydrogen-bond donors (Lipinski definition) is 3. The number of aliphatic hydroxyl groups excluding tert-OH is 1. The van der Waals surface area contributed by atoms with Crippen LogP contribution in [0.1, 0.15) is 59.4 Å². The van der Waals surface area contributed by atoms with Crippen LogP contribution in [0.2, 0.25) is 0 Å². The SMILES string of the molecule is Cc1cc([C@@H](C)Nc2ccccc2C(=O)O)c2nc(N3CC4CCC3C(O)C4)c(C#N)nc2c1. The number of para-hydroxylation sites is 1. The Kier molecular flexibility index (Phi) is 5.58. The highest BCUT2D eigenvalue weighted by Crippen LogP contribution is 2.39. The van der Waals surface area contributed by atoms with Gasteiger partial charge in [0.25, 0.3) is 0 Å². The van der Waals surface area contributed by atoms with E-state index < -0.39 is 12.1 Å². The zero-order valence-corrected chi connectivity index (χ0v) is 19.2. The first-order valence-corrected chi connectivity index (χ1v) is 11.6. The lowest BCUT2D eigenvalue weighted by molar-refractivity contribution is 0.0502. The standard InChI is InChI=1S/C26H27N5O3/c1-14-9-18(15(2)28-19-6-4-3-5-17(19)26(33)34)24-20(10-14)29-21(12-27)25(30-24)31-13-16-7-8-22(31)23(32)11-16/h3-6,9-10,15-16,22-23,28,32H,7-8,11,13H2,1-2H3,(H,33,34)/t15-,16?,22?,23?/m1/s1. The van der Waals surface area contributed by atoms with E-state index in [0.29, 0.717) is 28.5 Å². The van der Waals surface area contributed by atoms with Gasteiger partial charge in [-0.1, -0.05) is 18.2 Å². The zero-order chi connectivity index (χ0) is 24.0. The molecule has 8 nitrogen and oxygen atoms in total. The number of benzene rings is 2. The summed E-state index contributed by atoms with van der Waals surface area (Å²) >= 11 is 0. The molecule has 0 spiro atoms. The fraction of sp³-hybridized carbons (Fsp3) is 0.385. The topological polar surface area (TPSA) is 122 Å². The summed E-state index contributed by atoms with van der Waals surface area (Å²) in [6.45, 7) is 4.68. The Morgan fingerprint density at radius 1 is 1.26 bits per heavy atom. The molecule has 174 valence electrons. The van der Waals surface area contributed by atoms with Crippen LogP contribution in [-0.2, 0) is 0 Å². The maximum atomic E-state index is 11.7. The predicted octanol–water partition coefficient (Wildman–Crippen LogP) is 4.03. The molecule has 3 heterocycles. The molecular weight excluding hydrogens is 430 g/mol. The first-order valence-electron chi connectivity index (χ1n) is 11.6. The van der Waals surface area contributed by atoms with Crippen LogP contribution in [0.4, 0.5) is 11.5 Å². The third-order valence-electron chi connectivity index (χ3n) is 7.04. The number of anilines is 2. The van der Waals surface area contributed by atoms with Crippen molar-refractivity contribution in [1.82, 2.24) is 9.97 Å². The maximum Gasteiger partial charge on any atom is 0.337 e. The van der Waals surface area contributed by atoms with Gasteiger partial charge in [0.05, 0.1) is 34.8 Å². The number of nitrogens with zero attached hydrogens (tertiary/aromatic N) is 4. The van der Waals surface area contributed by atoms with Gasteiger partial charge in [0.2, 0.25) is 0 Å². The fourth-order valence-electron chi connectivity index (χ4n) is 5.44. The highest BCUT2D eigenvalue weighted by molar-refractivity contribution is 5.94. The highest BCUT2D eigenvalue weighted by Gasteiger charge is 2.41. The van der Waals surface area contributed by atoms with Crippen LogP contribution in [0, 0.1) is 24.2 Å². The van der Waals surface area contributed by atoms with Gasteiger partial charge < -0.3 is 20.4 Å². The smallest absolute Gasteiger partial charge is 0.337 e. The van der Waals surface area contributed by atoms with Gasteiger partial charge >= 0.3 is 5.97 Å². The second-order valence-electron chi connectivity index (χ2n) is 9.41. The Morgan fingerprint density at radius 2 is 2.06 bits per heavy atom. The summed E-state index contributed by atoms with van der Waals surface area (Å²) in [5.41, 5.74) is 4.12. The van der Waals surface area contributed by atoms with Crippen molar-refractivity contribution in [1.29, 1.82) is 5.26 Å². The molecule has 3 fully saturated rings. The van der Waals surface area contributed by atoms with E-state index in [1.165, 1.54) is 0 Å². The van der Waals surface area contributed by atoms with E-state index in [9.17, 15) is 20.3 Å². The molecule has 3 unspecified atom stereocenters. The molecule has 1 aliphatic carbocycles. The molecule has 6 rings (SSSR count). The van der Waals surface area contributed by atoms with Crippen molar-refractivity contribution in [2.75, 3.05) is 16.8 Å². The molecule has 1 aromatic heterocycles. The molecule has 2 bridgehead atoms. The van der Waals surface area contributed by atoms with Gasteiger partial charge in [-0.15, -0.1) is 0 Å². The molecule has 0 amide bonds. The minimum atomic E-state index is -0.996. The van der Waals surface area contributed by atoms with Crippen molar-refractivity contribution in [2.45, 2.75) is 51.3 Å². The fourth-order valence-corrected chi connectivity index (χ4v) is 5.44. The summed E-state index contributed by atoms with van der Waals surface area (Å²) in [5, 5.41) is 33.3. The Hall–Kier alpha value is -3.70.